The Hall–Kier alpha value is -1.48. The summed E-state index contributed by atoms with van der Waals surface area (Å²) in [5.74, 6) is -0.107. The number of halogens is 1. The largest absolute Gasteiger partial charge is 0.354 e. The maximum absolute atomic E-state index is 11.5. The van der Waals surface area contributed by atoms with Gasteiger partial charge in [-0.15, -0.1) is 0 Å². The molecule has 1 amide bonds. The van der Waals surface area contributed by atoms with Crippen molar-refractivity contribution in [3.63, 3.8) is 0 Å². The molecule has 1 heterocycles. The molecular formula is C11H11ClN2O. The van der Waals surface area contributed by atoms with Gasteiger partial charge >= 0.3 is 0 Å². The van der Waals surface area contributed by atoms with Crippen molar-refractivity contribution in [2.45, 2.75) is 0 Å². The number of carbonyl (C=O) groups excluding carboxylic acids is 1. The fraction of sp³-hybridized carbons (Fsp3) is 0.182. The fourth-order valence-electron chi connectivity index (χ4n) is 1.67. The van der Waals surface area contributed by atoms with E-state index in [-0.39, 0.29) is 5.91 Å². The minimum atomic E-state index is -0.107. The smallest absolute Gasteiger partial charge is 0.267 e. The summed E-state index contributed by atoms with van der Waals surface area (Å²) < 4.78 is 1.83. The van der Waals surface area contributed by atoms with Gasteiger partial charge < -0.3 is 9.88 Å². The van der Waals surface area contributed by atoms with E-state index in [9.17, 15) is 4.79 Å². The fourth-order valence-corrected chi connectivity index (χ4v) is 1.89. The quantitative estimate of drug-likeness (QED) is 0.789. The number of hydrogen-bond acceptors (Lipinski definition) is 1. The zero-order valence-corrected chi connectivity index (χ0v) is 9.30. The maximum atomic E-state index is 11.5. The number of carbonyl (C=O) groups is 1. The van der Waals surface area contributed by atoms with Gasteiger partial charge in [-0.3, -0.25) is 4.79 Å². The number of rotatable bonds is 1. The van der Waals surface area contributed by atoms with E-state index in [0.29, 0.717) is 10.7 Å². The van der Waals surface area contributed by atoms with Gasteiger partial charge in [0.1, 0.15) is 5.69 Å². The van der Waals surface area contributed by atoms with Crippen LogP contribution in [-0.2, 0) is 7.05 Å². The molecule has 0 saturated carbocycles. The number of hydrogen-bond donors (Lipinski definition) is 1. The Morgan fingerprint density at radius 2 is 2.20 bits per heavy atom. The number of nitrogens with one attached hydrogen (secondary N) is 1. The lowest BCUT2D eigenvalue weighted by atomic mass is 10.2. The first-order valence-corrected chi connectivity index (χ1v) is 4.99. The molecule has 1 aromatic carbocycles. The van der Waals surface area contributed by atoms with E-state index in [0.717, 1.165) is 10.9 Å². The third kappa shape index (κ3) is 1.49. The van der Waals surface area contributed by atoms with E-state index in [1.807, 2.05) is 29.8 Å². The molecule has 1 aromatic heterocycles. The van der Waals surface area contributed by atoms with Crippen molar-refractivity contribution < 1.29 is 4.79 Å². The van der Waals surface area contributed by atoms with E-state index < -0.39 is 0 Å². The molecule has 0 aliphatic rings. The molecule has 3 nitrogen and oxygen atoms in total. The number of aryl methyl sites for hydroxylation is 1. The number of fused-ring (bicyclic) bond motifs is 1. The summed E-state index contributed by atoms with van der Waals surface area (Å²) in [6.07, 6.45) is 0. The van der Waals surface area contributed by atoms with Gasteiger partial charge in [-0.2, -0.15) is 0 Å². The van der Waals surface area contributed by atoms with Crippen LogP contribution in [0.1, 0.15) is 10.5 Å². The van der Waals surface area contributed by atoms with Crippen molar-refractivity contribution in [1.29, 1.82) is 0 Å². The van der Waals surface area contributed by atoms with Crippen molar-refractivity contribution >= 4 is 28.4 Å². The molecule has 0 spiro atoms. The predicted octanol–water partition coefficient (Wildman–Crippen LogP) is 2.19. The first-order chi connectivity index (χ1) is 7.15. The second-order valence-corrected chi connectivity index (χ2v) is 3.75. The average molecular weight is 223 g/mol. The van der Waals surface area contributed by atoms with Gasteiger partial charge in [-0.1, -0.05) is 17.7 Å². The Balaban J connectivity index is 2.75. The Labute approximate surface area is 92.6 Å². The summed E-state index contributed by atoms with van der Waals surface area (Å²) in [6, 6.07) is 7.43. The molecular weight excluding hydrogens is 212 g/mol. The van der Waals surface area contributed by atoms with Crippen LogP contribution in [0, 0.1) is 0 Å². The van der Waals surface area contributed by atoms with Crippen molar-refractivity contribution in [1.82, 2.24) is 9.88 Å². The van der Waals surface area contributed by atoms with Gasteiger partial charge in [0, 0.05) is 30.0 Å². The Bertz CT molecular complexity index is 531. The molecule has 0 aliphatic carbocycles. The molecule has 4 heteroatoms. The van der Waals surface area contributed by atoms with Crippen LogP contribution in [0.25, 0.3) is 10.9 Å². The van der Waals surface area contributed by atoms with E-state index >= 15 is 0 Å². The van der Waals surface area contributed by atoms with Gasteiger partial charge in [0.25, 0.3) is 5.91 Å². The van der Waals surface area contributed by atoms with E-state index in [1.54, 1.807) is 13.1 Å². The van der Waals surface area contributed by atoms with Crippen LogP contribution in [0.4, 0.5) is 0 Å². The summed E-state index contributed by atoms with van der Waals surface area (Å²) in [4.78, 5) is 11.5. The Kier molecular flexibility index (Phi) is 2.40. The van der Waals surface area contributed by atoms with Gasteiger partial charge in [0.15, 0.2) is 0 Å². The van der Waals surface area contributed by atoms with Crippen molar-refractivity contribution in [3.05, 3.63) is 35.0 Å². The third-order valence-electron chi connectivity index (χ3n) is 2.49. The molecule has 15 heavy (non-hydrogen) atoms. The second-order valence-electron chi connectivity index (χ2n) is 3.34. The first kappa shape index (κ1) is 10.1. The zero-order valence-electron chi connectivity index (χ0n) is 8.54. The average Bonchev–Trinajstić information content (AvgIpc) is 2.57. The van der Waals surface area contributed by atoms with E-state index in [2.05, 4.69) is 5.32 Å². The molecule has 0 saturated heterocycles. The summed E-state index contributed by atoms with van der Waals surface area (Å²) in [6.45, 7) is 0. The van der Waals surface area contributed by atoms with Crippen LogP contribution in [0.15, 0.2) is 24.3 Å². The molecule has 0 unspecified atom stereocenters. The zero-order chi connectivity index (χ0) is 11.0. The highest BCUT2D eigenvalue weighted by Crippen LogP contribution is 2.25. The molecule has 0 radical (unpaired) electrons. The number of benzene rings is 1. The maximum Gasteiger partial charge on any atom is 0.267 e. The lowest BCUT2D eigenvalue weighted by Crippen LogP contribution is -2.20. The summed E-state index contributed by atoms with van der Waals surface area (Å²) in [5.41, 5.74) is 1.57. The molecule has 78 valence electrons. The van der Waals surface area contributed by atoms with Crippen LogP contribution in [-0.4, -0.2) is 17.5 Å². The van der Waals surface area contributed by atoms with Crippen molar-refractivity contribution in [3.8, 4) is 0 Å². The Morgan fingerprint density at radius 3 is 2.80 bits per heavy atom. The van der Waals surface area contributed by atoms with E-state index in [4.69, 9.17) is 11.6 Å². The van der Waals surface area contributed by atoms with Crippen LogP contribution < -0.4 is 5.32 Å². The molecule has 2 rings (SSSR count). The van der Waals surface area contributed by atoms with Gasteiger partial charge in [0.2, 0.25) is 0 Å². The third-order valence-corrected chi connectivity index (χ3v) is 2.82. The number of amides is 1. The molecule has 0 bridgehead atoms. The summed E-state index contributed by atoms with van der Waals surface area (Å²) in [7, 11) is 3.46. The molecule has 0 atom stereocenters. The van der Waals surface area contributed by atoms with Crippen molar-refractivity contribution in [2.24, 2.45) is 7.05 Å². The second kappa shape index (κ2) is 3.59. The minimum absolute atomic E-state index is 0.107. The highest BCUT2D eigenvalue weighted by molar-refractivity contribution is 6.35. The Morgan fingerprint density at radius 1 is 1.47 bits per heavy atom. The van der Waals surface area contributed by atoms with Gasteiger partial charge in [0.05, 0.1) is 0 Å². The highest BCUT2D eigenvalue weighted by Gasteiger charge is 2.12. The normalized spacial score (nSPS) is 10.6. The SMILES string of the molecule is CNC(=O)c1cc2c(Cl)cccc2n1C. The molecule has 0 fully saturated rings. The van der Waals surface area contributed by atoms with Crippen LogP contribution in [0.3, 0.4) is 0 Å². The monoisotopic (exact) mass is 222 g/mol. The van der Waals surface area contributed by atoms with Crippen LogP contribution in [0.5, 0.6) is 0 Å². The highest BCUT2D eigenvalue weighted by atomic mass is 35.5. The lowest BCUT2D eigenvalue weighted by Gasteiger charge is -2.01. The van der Waals surface area contributed by atoms with Crippen molar-refractivity contribution in [2.75, 3.05) is 7.05 Å². The number of nitrogens with zero attached hydrogens (tertiary/aromatic N) is 1. The topological polar surface area (TPSA) is 34.0 Å². The molecule has 1 N–H and O–H groups in total. The van der Waals surface area contributed by atoms with Crippen LogP contribution >= 0.6 is 11.6 Å². The lowest BCUT2D eigenvalue weighted by molar-refractivity contribution is 0.0955. The molecule has 0 aliphatic heterocycles. The van der Waals surface area contributed by atoms with Gasteiger partial charge in [-0.25, -0.2) is 0 Å². The van der Waals surface area contributed by atoms with Crippen LogP contribution in [0.2, 0.25) is 5.02 Å². The molecule has 2 aromatic rings. The minimum Gasteiger partial charge on any atom is -0.354 e. The number of aromatic nitrogens is 1. The predicted molar refractivity (Wildman–Crippen MR) is 61.3 cm³/mol. The summed E-state index contributed by atoms with van der Waals surface area (Å²) >= 11 is 6.05. The standard InChI is InChI=1S/C11H11ClN2O/c1-13-11(15)10-6-7-8(12)4-3-5-9(7)14(10)2/h3-6H,1-2H3,(H,13,15). The first-order valence-electron chi connectivity index (χ1n) is 4.61. The van der Waals surface area contributed by atoms with Gasteiger partial charge in [-0.05, 0) is 18.2 Å². The summed E-state index contributed by atoms with van der Waals surface area (Å²) in [5, 5.41) is 4.17. The van der Waals surface area contributed by atoms with E-state index in [1.165, 1.54) is 0 Å².